The first kappa shape index (κ1) is 15.8. The molecule has 0 aromatic heterocycles. The molecule has 0 amide bonds. The lowest BCUT2D eigenvalue weighted by Crippen LogP contribution is -2.31. The first-order chi connectivity index (χ1) is 9.96. The van der Waals surface area contributed by atoms with Crippen LogP contribution < -0.4 is 4.31 Å². The lowest BCUT2D eigenvalue weighted by Gasteiger charge is -2.23. The van der Waals surface area contributed by atoms with E-state index in [4.69, 9.17) is 0 Å². The lowest BCUT2D eigenvalue weighted by atomic mass is 10.2. The van der Waals surface area contributed by atoms with Crippen molar-refractivity contribution in [3.05, 3.63) is 71.2 Å². The Morgan fingerprint density at radius 1 is 1.19 bits per heavy atom. The van der Waals surface area contributed by atoms with Gasteiger partial charge >= 0.3 is 0 Å². The number of anilines is 1. The molecule has 0 N–H and O–H groups in total. The van der Waals surface area contributed by atoms with Crippen molar-refractivity contribution >= 4 is 31.6 Å². The van der Waals surface area contributed by atoms with Crippen LogP contribution in [-0.4, -0.2) is 15.0 Å². The minimum absolute atomic E-state index is 0.221. The van der Waals surface area contributed by atoms with Crippen molar-refractivity contribution in [2.75, 3.05) is 10.8 Å². The van der Waals surface area contributed by atoms with Gasteiger partial charge in [0.25, 0.3) is 10.0 Å². The molecule has 110 valence electrons. The van der Waals surface area contributed by atoms with Gasteiger partial charge in [-0.2, -0.15) is 0 Å². The van der Waals surface area contributed by atoms with Gasteiger partial charge in [0.15, 0.2) is 0 Å². The predicted octanol–water partition coefficient (Wildman–Crippen LogP) is 4.14. The largest absolute Gasteiger partial charge is 0.264 e. The molecule has 2 aromatic rings. The Kier molecular flexibility index (Phi) is 4.85. The van der Waals surface area contributed by atoms with Crippen LogP contribution in [0.15, 0.2) is 70.6 Å². The standard InChI is InChI=1S/C16H16BrNO2S/c1-3-11-18(14-9-10-16(17)13(2)12-14)21(19,20)15-7-5-4-6-8-15/h3-10,12H,1,11H2,2H3. The molecular weight excluding hydrogens is 350 g/mol. The van der Waals surface area contributed by atoms with E-state index in [1.807, 2.05) is 19.1 Å². The first-order valence-corrected chi connectivity index (χ1v) is 8.65. The van der Waals surface area contributed by atoms with E-state index in [0.717, 1.165) is 10.0 Å². The average Bonchev–Trinajstić information content (AvgIpc) is 2.48. The van der Waals surface area contributed by atoms with E-state index in [9.17, 15) is 8.42 Å². The summed E-state index contributed by atoms with van der Waals surface area (Å²) in [6.07, 6.45) is 1.58. The molecule has 2 rings (SSSR count). The highest BCUT2D eigenvalue weighted by Gasteiger charge is 2.23. The molecule has 0 bridgehead atoms. The summed E-state index contributed by atoms with van der Waals surface area (Å²) in [5.41, 5.74) is 1.60. The van der Waals surface area contributed by atoms with Crippen LogP contribution in [-0.2, 0) is 10.0 Å². The minimum Gasteiger partial charge on any atom is -0.263 e. The van der Waals surface area contributed by atoms with Gasteiger partial charge in [0, 0.05) is 4.47 Å². The van der Waals surface area contributed by atoms with Gasteiger partial charge in [0.2, 0.25) is 0 Å². The topological polar surface area (TPSA) is 37.4 Å². The zero-order valence-corrected chi connectivity index (χ0v) is 14.1. The van der Waals surface area contributed by atoms with E-state index in [0.29, 0.717) is 5.69 Å². The summed E-state index contributed by atoms with van der Waals surface area (Å²) in [5, 5.41) is 0. The zero-order chi connectivity index (χ0) is 15.5. The van der Waals surface area contributed by atoms with Gasteiger partial charge in [-0.15, -0.1) is 6.58 Å². The smallest absolute Gasteiger partial charge is 0.263 e. The first-order valence-electron chi connectivity index (χ1n) is 6.41. The summed E-state index contributed by atoms with van der Waals surface area (Å²) < 4.78 is 27.9. The lowest BCUT2D eigenvalue weighted by molar-refractivity contribution is 0.593. The number of hydrogen-bond acceptors (Lipinski definition) is 2. The monoisotopic (exact) mass is 365 g/mol. The highest BCUT2D eigenvalue weighted by molar-refractivity contribution is 9.10. The van der Waals surface area contributed by atoms with Crippen molar-refractivity contribution in [3.63, 3.8) is 0 Å². The number of nitrogens with zero attached hydrogens (tertiary/aromatic N) is 1. The van der Waals surface area contributed by atoms with Crippen molar-refractivity contribution in [2.45, 2.75) is 11.8 Å². The predicted molar refractivity (Wildman–Crippen MR) is 90.0 cm³/mol. The molecule has 0 saturated heterocycles. The summed E-state index contributed by atoms with van der Waals surface area (Å²) in [5.74, 6) is 0. The van der Waals surface area contributed by atoms with Crippen LogP contribution in [0.3, 0.4) is 0 Å². The summed E-state index contributed by atoms with van der Waals surface area (Å²) in [6, 6.07) is 13.9. The summed E-state index contributed by atoms with van der Waals surface area (Å²) in [7, 11) is -3.60. The zero-order valence-electron chi connectivity index (χ0n) is 11.7. The van der Waals surface area contributed by atoms with Gasteiger partial charge in [-0.05, 0) is 42.8 Å². The Morgan fingerprint density at radius 3 is 2.43 bits per heavy atom. The molecular formula is C16H16BrNO2S. The maximum atomic E-state index is 12.8. The molecule has 0 unspecified atom stereocenters. The minimum atomic E-state index is -3.60. The maximum Gasteiger partial charge on any atom is 0.264 e. The van der Waals surface area contributed by atoms with Crippen LogP contribution in [0.4, 0.5) is 5.69 Å². The second kappa shape index (κ2) is 6.45. The van der Waals surface area contributed by atoms with E-state index in [1.54, 1.807) is 42.5 Å². The molecule has 0 spiro atoms. The molecule has 0 heterocycles. The second-order valence-electron chi connectivity index (χ2n) is 4.57. The van der Waals surface area contributed by atoms with E-state index in [2.05, 4.69) is 22.5 Å². The number of rotatable bonds is 5. The Balaban J connectivity index is 2.53. The number of halogens is 1. The molecule has 0 saturated carbocycles. The van der Waals surface area contributed by atoms with Crippen molar-refractivity contribution in [1.82, 2.24) is 0 Å². The van der Waals surface area contributed by atoms with Crippen LogP contribution in [0.2, 0.25) is 0 Å². The number of sulfonamides is 1. The summed E-state index contributed by atoms with van der Waals surface area (Å²) >= 11 is 3.42. The highest BCUT2D eigenvalue weighted by Crippen LogP contribution is 2.27. The van der Waals surface area contributed by atoms with Gasteiger partial charge in [-0.25, -0.2) is 8.42 Å². The fraction of sp³-hybridized carbons (Fsp3) is 0.125. The van der Waals surface area contributed by atoms with E-state index in [1.165, 1.54) is 4.31 Å². The molecule has 2 aromatic carbocycles. The van der Waals surface area contributed by atoms with E-state index in [-0.39, 0.29) is 11.4 Å². The van der Waals surface area contributed by atoms with Crippen LogP contribution in [0, 0.1) is 6.92 Å². The van der Waals surface area contributed by atoms with E-state index >= 15 is 0 Å². The Hall–Kier alpha value is -1.59. The van der Waals surface area contributed by atoms with Crippen LogP contribution in [0.1, 0.15) is 5.56 Å². The summed E-state index contributed by atoms with van der Waals surface area (Å²) in [6.45, 7) is 5.80. The fourth-order valence-electron chi connectivity index (χ4n) is 1.96. The van der Waals surface area contributed by atoms with E-state index < -0.39 is 10.0 Å². The molecule has 0 aliphatic carbocycles. The van der Waals surface area contributed by atoms with Gasteiger partial charge in [0.05, 0.1) is 17.1 Å². The number of benzene rings is 2. The SMILES string of the molecule is C=CCN(c1ccc(Br)c(C)c1)S(=O)(=O)c1ccccc1. The number of aryl methyl sites for hydroxylation is 1. The Labute approximate surface area is 134 Å². The molecule has 0 aliphatic rings. The molecule has 0 atom stereocenters. The third-order valence-corrected chi connectivity index (χ3v) is 5.75. The van der Waals surface area contributed by atoms with Gasteiger partial charge in [0.1, 0.15) is 0 Å². The van der Waals surface area contributed by atoms with Crippen LogP contribution in [0.5, 0.6) is 0 Å². The van der Waals surface area contributed by atoms with Crippen molar-refractivity contribution in [3.8, 4) is 0 Å². The molecule has 5 heteroatoms. The Bertz CT molecular complexity index is 742. The third-order valence-electron chi connectivity index (χ3n) is 3.06. The molecule has 21 heavy (non-hydrogen) atoms. The van der Waals surface area contributed by atoms with Crippen LogP contribution in [0.25, 0.3) is 0 Å². The van der Waals surface area contributed by atoms with Crippen molar-refractivity contribution in [2.24, 2.45) is 0 Å². The Morgan fingerprint density at radius 2 is 1.86 bits per heavy atom. The fourth-order valence-corrected chi connectivity index (χ4v) is 3.66. The van der Waals surface area contributed by atoms with Crippen molar-refractivity contribution in [1.29, 1.82) is 0 Å². The van der Waals surface area contributed by atoms with Gasteiger partial charge < -0.3 is 0 Å². The maximum absolute atomic E-state index is 12.8. The molecule has 3 nitrogen and oxygen atoms in total. The van der Waals surface area contributed by atoms with Crippen molar-refractivity contribution < 1.29 is 8.42 Å². The molecule has 0 aliphatic heterocycles. The second-order valence-corrected chi connectivity index (χ2v) is 7.29. The average molecular weight is 366 g/mol. The highest BCUT2D eigenvalue weighted by atomic mass is 79.9. The molecule has 0 fully saturated rings. The number of hydrogen-bond donors (Lipinski definition) is 0. The molecule has 0 radical (unpaired) electrons. The normalized spacial score (nSPS) is 11.1. The van der Waals surface area contributed by atoms with Gasteiger partial charge in [-0.1, -0.05) is 40.2 Å². The quantitative estimate of drug-likeness (QED) is 0.746. The van der Waals surface area contributed by atoms with Crippen LogP contribution >= 0.6 is 15.9 Å². The van der Waals surface area contributed by atoms with Gasteiger partial charge in [-0.3, -0.25) is 4.31 Å². The third kappa shape index (κ3) is 3.36. The summed E-state index contributed by atoms with van der Waals surface area (Å²) in [4.78, 5) is 0.271.